The minimum absolute atomic E-state index is 0.0182. The summed E-state index contributed by atoms with van der Waals surface area (Å²) in [6.07, 6.45) is 4.14. The van der Waals surface area contributed by atoms with Crippen LogP contribution in [-0.4, -0.2) is 30.5 Å². The summed E-state index contributed by atoms with van der Waals surface area (Å²) in [5.41, 5.74) is 2.92. The first-order valence-electron chi connectivity index (χ1n) is 10.6. The summed E-state index contributed by atoms with van der Waals surface area (Å²) in [5.74, 6) is 1.37. The number of nitrogens with zero attached hydrogens (tertiary/aromatic N) is 1. The molecule has 4 nitrogen and oxygen atoms in total. The quantitative estimate of drug-likeness (QED) is 0.258. The molecule has 0 aliphatic carbocycles. The first-order chi connectivity index (χ1) is 14.5. The van der Waals surface area contributed by atoms with Crippen LogP contribution in [-0.2, 0) is 4.79 Å². The smallest absolute Gasteiger partial charge is 0.246 e. The number of amides is 1. The summed E-state index contributed by atoms with van der Waals surface area (Å²) in [6.45, 7) is 13.6. The van der Waals surface area contributed by atoms with Crippen molar-refractivity contribution >= 4 is 11.5 Å². The van der Waals surface area contributed by atoms with Crippen LogP contribution in [0.2, 0.25) is 0 Å². The highest BCUT2D eigenvalue weighted by Gasteiger charge is 2.14. The summed E-state index contributed by atoms with van der Waals surface area (Å²) < 4.78 is 12.2. The minimum atomic E-state index is -0.111. The van der Waals surface area contributed by atoms with E-state index in [4.69, 9.17) is 9.47 Å². The van der Waals surface area contributed by atoms with Crippen LogP contribution in [0, 0.1) is 0 Å². The van der Waals surface area contributed by atoms with E-state index < -0.39 is 0 Å². The van der Waals surface area contributed by atoms with Crippen LogP contribution in [0.3, 0.4) is 0 Å². The average molecular weight is 408 g/mol. The molecular formula is C26H33NO3. The van der Waals surface area contributed by atoms with Gasteiger partial charge in [-0.3, -0.25) is 4.79 Å². The Kier molecular flexibility index (Phi) is 9.20. The number of benzene rings is 2. The minimum Gasteiger partial charge on any atom is -0.489 e. The molecule has 0 spiro atoms. The number of allylic oxidation sites excluding steroid dienone is 1. The van der Waals surface area contributed by atoms with Gasteiger partial charge in [-0.25, -0.2) is 0 Å². The van der Waals surface area contributed by atoms with Gasteiger partial charge in [-0.05, 0) is 62.9 Å². The topological polar surface area (TPSA) is 38.8 Å². The molecule has 2 rings (SSSR count). The van der Waals surface area contributed by atoms with E-state index in [1.165, 1.54) is 0 Å². The lowest BCUT2D eigenvalue weighted by Crippen LogP contribution is -2.28. The van der Waals surface area contributed by atoms with Crippen LogP contribution in [0.15, 0.2) is 67.3 Å². The molecule has 0 saturated carbocycles. The number of rotatable bonds is 11. The first-order valence-corrected chi connectivity index (χ1v) is 10.6. The van der Waals surface area contributed by atoms with Crippen molar-refractivity contribution in [3.05, 3.63) is 78.4 Å². The van der Waals surface area contributed by atoms with E-state index in [0.29, 0.717) is 31.2 Å². The summed E-state index contributed by atoms with van der Waals surface area (Å²) in [6, 6.07) is 15.9. The predicted octanol–water partition coefficient (Wildman–Crippen LogP) is 6.05. The highest BCUT2D eigenvalue weighted by atomic mass is 16.5. The Labute approximate surface area is 180 Å². The predicted molar refractivity (Wildman–Crippen MR) is 124 cm³/mol. The third kappa shape index (κ3) is 6.51. The molecule has 0 aromatic heterocycles. The molecule has 0 aliphatic heterocycles. The number of hydrogen-bond donors (Lipinski definition) is 0. The maximum atomic E-state index is 12.4. The zero-order valence-electron chi connectivity index (χ0n) is 18.6. The Morgan fingerprint density at radius 3 is 2.43 bits per heavy atom. The van der Waals surface area contributed by atoms with Crippen LogP contribution >= 0.6 is 0 Å². The largest absolute Gasteiger partial charge is 0.489 e. The van der Waals surface area contributed by atoms with Crippen LogP contribution in [0.1, 0.15) is 51.3 Å². The van der Waals surface area contributed by atoms with Crippen LogP contribution < -0.4 is 9.47 Å². The highest BCUT2D eigenvalue weighted by Crippen LogP contribution is 2.34. The number of hydrogen-bond acceptors (Lipinski definition) is 3. The van der Waals surface area contributed by atoms with Gasteiger partial charge in [-0.15, -0.1) is 6.58 Å². The summed E-state index contributed by atoms with van der Waals surface area (Å²) in [7, 11) is 0. The maximum Gasteiger partial charge on any atom is 0.246 e. The van der Waals surface area contributed by atoms with Crippen LogP contribution in [0.4, 0.5) is 0 Å². The van der Waals surface area contributed by atoms with E-state index in [2.05, 4.69) is 6.58 Å². The van der Waals surface area contributed by atoms with Crippen molar-refractivity contribution in [2.75, 3.05) is 19.7 Å². The summed E-state index contributed by atoms with van der Waals surface area (Å²) in [4.78, 5) is 14.2. The number of likely N-dealkylation sites (N-methyl/N-ethyl adjacent to an activating group) is 1. The molecule has 0 aliphatic rings. The number of carbonyl (C=O) groups is 1. The Morgan fingerprint density at radius 2 is 1.80 bits per heavy atom. The summed E-state index contributed by atoms with van der Waals surface area (Å²) >= 11 is 0. The standard InChI is InChI=1S/C26H33NO3/c1-6-9-17-29-25-19-23(20(4)18-26(28)27(7-2)8-3)15-16-24(25)30-21(5)22-13-11-10-12-14-22/h6,10-16,18-19,21H,1,7-9,17H2,2-5H3/b20-18+. The second-order valence-corrected chi connectivity index (χ2v) is 7.10. The van der Waals surface area contributed by atoms with Gasteiger partial charge in [0.25, 0.3) is 0 Å². The normalized spacial score (nSPS) is 12.2. The van der Waals surface area contributed by atoms with E-state index in [1.807, 2.05) is 82.3 Å². The van der Waals surface area contributed by atoms with Gasteiger partial charge in [0.15, 0.2) is 11.5 Å². The molecule has 4 heteroatoms. The summed E-state index contributed by atoms with van der Waals surface area (Å²) in [5, 5.41) is 0. The lowest BCUT2D eigenvalue weighted by atomic mass is 10.1. The molecule has 0 N–H and O–H groups in total. The fourth-order valence-corrected chi connectivity index (χ4v) is 3.09. The highest BCUT2D eigenvalue weighted by molar-refractivity contribution is 5.95. The van der Waals surface area contributed by atoms with Crippen LogP contribution in [0.5, 0.6) is 11.5 Å². The Bertz CT molecular complexity index is 854. The van der Waals surface area contributed by atoms with E-state index >= 15 is 0 Å². The van der Waals surface area contributed by atoms with E-state index in [9.17, 15) is 4.79 Å². The van der Waals surface area contributed by atoms with Crippen molar-refractivity contribution in [2.24, 2.45) is 0 Å². The molecular weight excluding hydrogens is 374 g/mol. The molecule has 0 bridgehead atoms. The second-order valence-electron chi connectivity index (χ2n) is 7.10. The molecule has 1 amide bonds. The molecule has 1 atom stereocenters. The van der Waals surface area contributed by atoms with Gasteiger partial charge in [0.05, 0.1) is 6.61 Å². The second kappa shape index (κ2) is 11.9. The molecule has 30 heavy (non-hydrogen) atoms. The molecule has 0 fully saturated rings. The third-order valence-electron chi connectivity index (χ3n) is 4.97. The monoisotopic (exact) mass is 407 g/mol. The fraction of sp³-hybridized carbons (Fsp3) is 0.346. The fourth-order valence-electron chi connectivity index (χ4n) is 3.09. The van der Waals surface area contributed by atoms with E-state index in [-0.39, 0.29) is 12.0 Å². The number of ether oxygens (including phenoxy) is 2. The lowest BCUT2D eigenvalue weighted by molar-refractivity contribution is -0.125. The van der Waals surface area contributed by atoms with Gasteiger partial charge in [0, 0.05) is 19.2 Å². The van der Waals surface area contributed by atoms with Crippen molar-refractivity contribution in [3.8, 4) is 11.5 Å². The molecule has 0 radical (unpaired) electrons. The van der Waals surface area contributed by atoms with Gasteiger partial charge in [-0.1, -0.05) is 42.5 Å². The first kappa shape index (κ1) is 23.3. The zero-order valence-corrected chi connectivity index (χ0v) is 18.6. The van der Waals surface area contributed by atoms with Crippen molar-refractivity contribution in [1.29, 1.82) is 0 Å². The molecule has 2 aromatic rings. The molecule has 160 valence electrons. The SMILES string of the molecule is C=CCCOc1cc(/C(C)=C/C(=O)N(CC)CC)ccc1OC(C)c1ccccc1. The van der Waals surface area contributed by atoms with E-state index in [0.717, 1.165) is 23.1 Å². The van der Waals surface area contributed by atoms with Crippen molar-refractivity contribution in [3.63, 3.8) is 0 Å². The molecule has 1 unspecified atom stereocenters. The van der Waals surface area contributed by atoms with Gasteiger partial charge in [-0.2, -0.15) is 0 Å². The van der Waals surface area contributed by atoms with Crippen molar-refractivity contribution < 1.29 is 14.3 Å². The van der Waals surface area contributed by atoms with Gasteiger partial charge in [0.1, 0.15) is 6.10 Å². The Morgan fingerprint density at radius 1 is 1.10 bits per heavy atom. The molecule has 0 heterocycles. The van der Waals surface area contributed by atoms with Crippen molar-refractivity contribution in [1.82, 2.24) is 4.90 Å². The Hall–Kier alpha value is -3.01. The van der Waals surface area contributed by atoms with Gasteiger partial charge in [0.2, 0.25) is 5.91 Å². The zero-order chi connectivity index (χ0) is 21.9. The van der Waals surface area contributed by atoms with Crippen LogP contribution in [0.25, 0.3) is 5.57 Å². The van der Waals surface area contributed by atoms with Gasteiger partial charge < -0.3 is 14.4 Å². The van der Waals surface area contributed by atoms with Crippen molar-refractivity contribution in [2.45, 2.75) is 40.2 Å². The average Bonchev–Trinajstić information content (AvgIpc) is 2.76. The molecule has 2 aromatic carbocycles. The van der Waals surface area contributed by atoms with Gasteiger partial charge >= 0.3 is 0 Å². The number of carbonyl (C=O) groups excluding carboxylic acids is 1. The Balaban J connectivity index is 2.28. The third-order valence-corrected chi connectivity index (χ3v) is 4.97. The lowest BCUT2D eigenvalue weighted by Gasteiger charge is -2.19. The maximum absolute atomic E-state index is 12.4. The molecule has 0 saturated heterocycles. The van der Waals surface area contributed by atoms with E-state index in [1.54, 1.807) is 11.0 Å².